The van der Waals surface area contributed by atoms with Gasteiger partial charge in [0.15, 0.2) is 0 Å². The van der Waals surface area contributed by atoms with Crippen LogP contribution in [0.4, 0.5) is 5.69 Å². The number of pyridine rings is 1. The third kappa shape index (κ3) is 2.51. The molecule has 1 aromatic heterocycles. The predicted molar refractivity (Wildman–Crippen MR) is 87.7 cm³/mol. The summed E-state index contributed by atoms with van der Waals surface area (Å²) >= 11 is 0. The van der Waals surface area contributed by atoms with Crippen molar-refractivity contribution in [2.75, 3.05) is 18.4 Å². The predicted octanol–water partition coefficient (Wildman–Crippen LogP) is 3.58. The summed E-state index contributed by atoms with van der Waals surface area (Å²) in [4.78, 5) is 7.40. The molecule has 2 atom stereocenters. The van der Waals surface area contributed by atoms with Gasteiger partial charge in [0.05, 0.1) is 11.2 Å². The smallest absolute Gasteiger partial charge is 0.0936 e. The maximum absolute atomic E-state index is 4.73. The molecule has 0 amide bonds. The van der Waals surface area contributed by atoms with Crippen molar-refractivity contribution in [1.82, 2.24) is 9.88 Å². The fraction of sp³-hybridized carbons (Fsp3) is 0.500. The number of rotatable bonds is 2. The zero-order valence-corrected chi connectivity index (χ0v) is 12.7. The zero-order chi connectivity index (χ0) is 14.2. The van der Waals surface area contributed by atoms with Crippen molar-refractivity contribution >= 4 is 16.6 Å². The summed E-state index contributed by atoms with van der Waals surface area (Å²) in [5, 5.41) is 5.00. The summed E-state index contributed by atoms with van der Waals surface area (Å²) in [6.45, 7) is 4.62. The van der Waals surface area contributed by atoms with Crippen molar-refractivity contribution in [2.45, 2.75) is 44.7 Å². The van der Waals surface area contributed by atoms with Crippen LogP contribution in [0.15, 0.2) is 30.3 Å². The van der Waals surface area contributed by atoms with Gasteiger partial charge in [0.1, 0.15) is 0 Å². The molecule has 2 saturated heterocycles. The second kappa shape index (κ2) is 5.30. The van der Waals surface area contributed by atoms with Crippen LogP contribution in [0.25, 0.3) is 10.9 Å². The molecule has 0 radical (unpaired) electrons. The van der Waals surface area contributed by atoms with Crippen LogP contribution in [0.2, 0.25) is 0 Å². The Morgan fingerprint density at radius 3 is 3.05 bits per heavy atom. The summed E-state index contributed by atoms with van der Waals surface area (Å²) in [6.07, 6.45) is 5.29. The lowest BCUT2D eigenvalue weighted by Gasteiger charge is -2.35. The minimum atomic E-state index is 0.595. The first-order valence-electron chi connectivity index (χ1n) is 8.16. The van der Waals surface area contributed by atoms with Gasteiger partial charge in [-0.05, 0) is 51.3 Å². The third-order valence-corrected chi connectivity index (χ3v) is 5.04. The molecule has 1 aromatic carbocycles. The van der Waals surface area contributed by atoms with E-state index in [-0.39, 0.29) is 0 Å². The molecule has 1 N–H and O–H groups in total. The summed E-state index contributed by atoms with van der Waals surface area (Å²) in [6, 6.07) is 12.1. The van der Waals surface area contributed by atoms with E-state index in [1.807, 2.05) is 0 Å². The highest BCUT2D eigenvalue weighted by Crippen LogP contribution is 2.30. The lowest BCUT2D eigenvalue weighted by molar-refractivity contribution is 0.188. The monoisotopic (exact) mass is 281 g/mol. The second-order valence-electron chi connectivity index (χ2n) is 6.53. The van der Waals surface area contributed by atoms with E-state index in [9.17, 15) is 0 Å². The van der Waals surface area contributed by atoms with Crippen molar-refractivity contribution in [3.05, 3.63) is 36.0 Å². The minimum absolute atomic E-state index is 0.595. The van der Waals surface area contributed by atoms with Crippen LogP contribution in [-0.4, -0.2) is 35.1 Å². The van der Waals surface area contributed by atoms with Crippen LogP contribution >= 0.6 is 0 Å². The Labute approximate surface area is 126 Å². The van der Waals surface area contributed by atoms with Crippen molar-refractivity contribution in [2.24, 2.45) is 0 Å². The Hall–Kier alpha value is -1.61. The number of aromatic nitrogens is 1. The van der Waals surface area contributed by atoms with Crippen molar-refractivity contribution in [3.8, 4) is 0 Å². The van der Waals surface area contributed by atoms with Crippen molar-refractivity contribution < 1.29 is 0 Å². The van der Waals surface area contributed by atoms with Crippen LogP contribution in [0.5, 0.6) is 0 Å². The van der Waals surface area contributed by atoms with Gasteiger partial charge in [-0.2, -0.15) is 0 Å². The molecule has 2 unspecified atom stereocenters. The van der Waals surface area contributed by atoms with Gasteiger partial charge < -0.3 is 10.2 Å². The summed E-state index contributed by atoms with van der Waals surface area (Å²) in [5.41, 5.74) is 3.40. The topological polar surface area (TPSA) is 28.2 Å². The molecule has 2 aliphatic rings. The Balaban J connectivity index is 1.58. The number of hydrogen-bond acceptors (Lipinski definition) is 3. The number of aryl methyl sites for hydroxylation is 1. The van der Waals surface area contributed by atoms with Gasteiger partial charge in [-0.15, -0.1) is 0 Å². The van der Waals surface area contributed by atoms with Crippen LogP contribution in [0.3, 0.4) is 0 Å². The molecule has 110 valence electrons. The number of benzene rings is 1. The molecule has 3 nitrogen and oxygen atoms in total. The molecule has 0 bridgehead atoms. The van der Waals surface area contributed by atoms with Gasteiger partial charge in [0.2, 0.25) is 0 Å². The Morgan fingerprint density at radius 2 is 2.10 bits per heavy atom. The number of para-hydroxylation sites is 1. The molecule has 3 heteroatoms. The molecule has 3 heterocycles. The normalized spacial score (nSPS) is 26.0. The Kier molecular flexibility index (Phi) is 3.30. The summed E-state index contributed by atoms with van der Waals surface area (Å²) < 4.78 is 0. The van der Waals surface area contributed by atoms with E-state index < -0.39 is 0 Å². The SMILES string of the molecule is Cc1ccc2cccc(NC3CCN4CCCC4C3)c2n1. The highest BCUT2D eigenvalue weighted by atomic mass is 15.2. The van der Waals surface area contributed by atoms with Crippen LogP contribution in [0, 0.1) is 6.92 Å². The number of anilines is 1. The van der Waals surface area contributed by atoms with Crippen molar-refractivity contribution in [1.29, 1.82) is 0 Å². The molecule has 2 aromatic rings. The largest absolute Gasteiger partial charge is 0.380 e. The number of nitrogens with one attached hydrogen (secondary N) is 1. The van der Waals surface area contributed by atoms with Crippen molar-refractivity contribution in [3.63, 3.8) is 0 Å². The van der Waals surface area contributed by atoms with E-state index in [2.05, 4.69) is 47.5 Å². The quantitative estimate of drug-likeness (QED) is 0.912. The first-order valence-corrected chi connectivity index (χ1v) is 8.16. The Bertz CT molecular complexity index is 652. The highest BCUT2D eigenvalue weighted by molar-refractivity contribution is 5.90. The van der Waals surface area contributed by atoms with E-state index in [0.717, 1.165) is 17.3 Å². The third-order valence-electron chi connectivity index (χ3n) is 5.04. The summed E-state index contributed by atoms with van der Waals surface area (Å²) in [5.74, 6) is 0. The van der Waals surface area contributed by atoms with Gasteiger partial charge in [0.25, 0.3) is 0 Å². The number of hydrogen-bond donors (Lipinski definition) is 1. The molecule has 4 rings (SSSR count). The molecule has 21 heavy (non-hydrogen) atoms. The second-order valence-corrected chi connectivity index (χ2v) is 6.53. The van der Waals surface area contributed by atoms with Gasteiger partial charge in [0, 0.05) is 29.7 Å². The fourth-order valence-electron chi connectivity index (χ4n) is 3.94. The first kappa shape index (κ1) is 13.1. The number of fused-ring (bicyclic) bond motifs is 2. The van der Waals surface area contributed by atoms with E-state index in [1.54, 1.807) is 0 Å². The fourth-order valence-corrected chi connectivity index (χ4v) is 3.94. The van der Waals surface area contributed by atoms with Gasteiger partial charge in [-0.1, -0.05) is 18.2 Å². The zero-order valence-electron chi connectivity index (χ0n) is 12.7. The van der Waals surface area contributed by atoms with Gasteiger partial charge >= 0.3 is 0 Å². The summed E-state index contributed by atoms with van der Waals surface area (Å²) in [7, 11) is 0. The standard InChI is InChI=1S/C18H23N3/c1-13-7-8-14-4-2-6-17(18(14)19-13)20-15-9-11-21-10-3-5-16(21)12-15/h2,4,6-8,15-16,20H,3,5,9-12H2,1H3. The van der Waals surface area contributed by atoms with E-state index in [0.29, 0.717) is 6.04 Å². The lowest BCUT2D eigenvalue weighted by atomic mass is 9.97. The van der Waals surface area contributed by atoms with Crippen LogP contribution in [0.1, 0.15) is 31.4 Å². The van der Waals surface area contributed by atoms with E-state index >= 15 is 0 Å². The number of nitrogens with zero attached hydrogens (tertiary/aromatic N) is 2. The van der Waals surface area contributed by atoms with Gasteiger partial charge in [-0.25, -0.2) is 0 Å². The van der Waals surface area contributed by atoms with Gasteiger partial charge in [-0.3, -0.25) is 4.98 Å². The Morgan fingerprint density at radius 1 is 1.14 bits per heavy atom. The molecule has 0 aliphatic carbocycles. The highest BCUT2D eigenvalue weighted by Gasteiger charge is 2.31. The molecule has 2 fully saturated rings. The molecule has 0 saturated carbocycles. The van der Waals surface area contributed by atoms with Crippen LogP contribution in [-0.2, 0) is 0 Å². The molecule has 2 aliphatic heterocycles. The molecular formula is C18H23N3. The molecule has 0 spiro atoms. The first-order chi connectivity index (χ1) is 10.3. The lowest BCUT2D eigenvalue weighted by Crippen LogP contribution is -2.42. The average molecular weight is 281 g/mol. The van der Waals surface area contributed by atoms with E-state index in [1.165, 1.54) is 49.8 Å². The maximum atomic E-state index is 4.73. The minimum Gasteiger partial charge on any atom is -0.380 e. The van der Waals surface area contributed by atoms with Crippen LogP contribution < -0.4 is 5.32 Å². The molecular weight excluding hydrogens is 258 g/mol. The number of piperidine rings is 1. The average Bonchev–Trinajstić information content (AvgIpc) is 2.95. The van der Waals surface area contributed by atoms with E-state index in [4.69, 9.17) is 4.98 Å². The maximum Gasteiger partial charge on any atom is 0.0936 e.